The second kappa shape index (κ2) is 13.8. The summed E-state index contributed by atoms with van der Waals surface area (Å²) in [5, 5.41) is 15.3. The van der Waals surface area contributed by atoms with E-state index < -0.39 is 48.9 Å². The van der Waals surface area contributed by atoms with Gasteiger partial charge in [-0.05, 0) is 72.9 Å². The molecule has 4 heterocycles. The van der Waals surface area contributed by atoms with E-state index >= 15 is 0 Å². The summed E-state index contributed by atoms with van der Waals surface area (Å²) in [6.07, 6.45) is 7.11. The lowest BCUT2D eigenvalue weighted by Crippen LogP contribution is -2.58. The number of hydrogen-bond acceptors (Lipinski definition) is 9. The zero-order valence-electron chi connectivity index (χ0n) is 26.3. The van der Waals surface area contributed by atoms with Gasteiger partial charge in [0.1, 0.15) is 16.3 Å². The van der Waals surface area contributed by atoms with Gasteiger partial charge >= 0.3 is 6.61 Å². The van der Waals surface area contributed by atoms with Gasteiger partial charge in [0.05, 0.1) is 24.7 Å². The Labute approximate surface area is 282 Å². The largest absolute Gasteiger partial charge is 0.417 e. The van der Waals surface area contributed by atoms with Gasteiger partial charge < -0.3 is 29.6 Å². The normalized spacial score (nSPS) is 19.7. The van der Waals surface area contributed by atoms with Crippen LogP contribution in [0.25, 0.3) is 11.1 Å². The molecular weight excluding hydrogens is 668 g/mol. The number of aromatic nitrogens is 2. The average Bonchev–Trinajstić information content (AvgIpc) is 3.80. The Morgan fingerprint density at radius 2 is 1.96 bits per heavy atom. The number of thioether (sulfide) groups is 1. The lowest BCUT2D eigenvalue weighted by Gasteiger charge is -2.39. The van der Waals surface area contributed by atoms with Gasteiger partial charge in [-0.2, -0.15) is 19.0 Å². The number of ether oxygens (including phenoxy) is 2. The first-order valence-electron chi connectivity index (χ1n) is 15.5. The number of pyridine rings is 2. The summed E-state index contributed by atoms with van der Waals surface area (Å²) in [7, 11) is 0. The molecule has 0 bridgehead atoms. The second-order valence-electron chi connectivity index (χ2n) is 12.2. The molecule has 2 saturated heterocycles. The maximum atomic E-state index is 13.6. The third kappa shape index (κ3) is 7.74. The molecule has 16 heteroatoms. The van der Waals surface area contributed by atoms with Gasteiger partial charge in [-0.25, -0.2) is 8.78 Å². The molecule has 2 amide bonds. The minimum atomic E-state index is -3.30. The van der Waals surface area contributed by atoms with Crippen molar-refractivity contribution in [3.05, 3.63) is 75.2 Å². The number of alkyl halides is 4. The molecule has 1 atom stereocenters. The topological polar surface area (TPSA) is 139 Å². The molecule has 49 heavy (non-hydrogen) atoms. The van der Waals surface area contributed by atoms with Crippen molar-refractivity contribution in [1.29, 1.82) is 5.26 Å². The fraction of sp³-hybridized carbons (Fsp3) is 0.424. The minimum Gasteiger partial charge on any atom is -0.417 e. The molecule has 0 spiro atoms. The molecule has 3 fully saturated rings. The highest BCUT2D eigenvalue weighted by molar-refractivity contribution is 7.99. The number of amides is 2. The minimum absolute atomic E-state index is 0.0547. The number of anilines is 1. The fourth-order valence-electron chi connectivity index (χ4n) is 5.91. The molecule has 2 N–H and O–H groups in total. The van der Waals surface area contributed by atoms with E-state index in [0.717, 1.165) is 36.6 Å². The van der Waals surface area contributed by atoms with Crippen LogP contribution in [-0.4, -0.2) is 76.2 Å². The summed E-state index contributed by atoms with van der Waals surface area (Å²) in [6, 6.07) is 9.59. The van der Waals surface area contributed by atoms with Crippen molar-refractivity contribution >= 4 is 29.4 Å². The molecule has 258 valence electrons. The first-order chi connectivity index (χ1) is 23.4. The number of rotatable bonds is 12. The molecule has 0 radical (unpaired) electrons. The monoisotopic (exact) mass is 700 g/mol. The summed E-state index contributed by atoms with van der Waals surface area (Å²) >= 11 is 1.62. The quantitative estimate of drug-likeness (QED) is 0.250. The Kier molecular flexibility index (Phi) is 9.70. The van der Waals surface area contributed by atoms with Crippen LogP contribution < -0.4 is 20.9 Å². The Morgan fingerprint density at radius 3 is 2.59 bits per heavy atom. The van der Waals surface area contributed by atoms with Crippen molar-refractivity contribution in [3.63, 3.8) is 0 Å². The van der Waals surface area contributed by atoms with Gasteiger partial charge in [0.15, 0.2) is 0 Å². The predicted molar refractivity (Wildman–Crippen MR) is 172 cm³/mol. The van der Waals surface area contributed by atoms with Crippen molar-refractivity contribution < 1.29 is 36.6 Å². The van der Waals surface area contributed by atoms with Crippen molar-refractivity contribution in [2.75, 3.05) is 37.8 Å². The summed E-state index contributed by atoms with van der Waals surface area (Å²) in [5.41, 5.74) is 0.0217. The number of halogens is 4. The van der Waals surface area contributed by atoms with Gasteiger partial charge in [0, 0.05) is 43.6 Å². The average molecular weight is 701 g/mol. The van der Waals surface area contributed by atoms with E-state index in [1.165, 1.54) is 34.9 Å². The van der Waals surface area contributed by atoms with E-state index in [2.05, 4.69) is 20.4 Å². The summed E-state index contributed by atoms with van der Waals surface area (Å²) < 4.78 is 65.9. The number of carbonyl (C=O) groups is 2. The highest BCUT2D eigenvalue weighted by Gasteiger charge is 2.46. The van der Waals surface area contributed by atoms with Crippen LogP contribution in [0, 0.1) is 11.3 Å². The Morgan fingerprint density at radius 1 is 1.18 bits per heavy atom. The molecule has 3 aliphatic rings. The smallest absolute Gasteiger partial charge is 0.388 e. The number of nitriles is 1. The SMILES string of the molecule is CS[C@@]1(CNCc2cc(C(=O)Nc3cc(-c4ccc(C#N)cc4C(=O)N4CC(F)(F)C4)cc(OC(F)F)n3)c(=O)n(C3CC3)c2)CCCO1. The zero-order chi connectivity index (χ0) is 34.9. The van der Waals surface area contributed by atoms with Gasteiger partial charge in [0.2, 0.25) is 5.88 Å². The van der Waals surface area contributed by atoms with Crippen LogP contribution in [0.5, 0.6) is 5.88 Å². The molecule has 1 aliphatic carbocycles. The zero-order valence-corrected chi connectivity index (χ0v) is 27.1. The van der Waals surface area contributed by atoms with Gasteiger partial charge in [-0.1, -0.05) is 6.07 Å². The van der Waals surface area contributed by atoms with Crippen LogP contribution in [0.2, 0.25) is 0 Å². The first kappa shape index (κ1) is 34.4. The fourth-order valence-corrected chi connectivity index (χ4v) is 6.71. The van der Waals surface area contributed by atoms with Crippen molar-refractivity contribution in [2.45, 2.75) is 55.7 Å². The number of likely N-dealkylation sites (tertiary alicyclic amines) is 1. The van der Waals surface area contributed by atoms with Gasteiger partial charge in [-0.15, -0.1) is 11.8 Å². The number of carbonyl (C=O) groups excluding carboxylic acids is 2. The molecule has 0 unspecified atom stereocenters. The number of nitrogens with one attached hydrogen (secondary N) is 2. The van der Waals surface area contributed by atoms with Crippen LogP contribution >= 0.6 is 11.8 Å². The lowest BCUT2D eigenvalue weighted by molar-refractivity contribution is -0.113. The summed E-state index contributed by atoms with van der Waals surface area (Å²) in [5.74, 6) is -5.61. The number of benzene rings is 1. The van der Waals surface area contributed by atoms with Crippen LogP contribution in [0.15, 0.2) is 47.4 Å². The molecule has 2 aliphatic heterocycles. The maximum Gasteiger partial charge on any atom is 0.388 e. The van der Waals surface area contributed by atoms with Crippen LogP contribution in [0.3, 0.4) is 0 Å². The van der Waals surface area contributed by atoms with Crippen LogP contribution in [0.4, 0.5) is 23.4 Å². The predicted octanol–water partition coefficient (Wildman–Crippen LogP) is 5.02. The van der Waals surface area contributed by atoms with E-state index in [1.807, 2.05) is 12.3 Å². The number of hydrogen-bond donors (Lipinski definition) is 2. The molecule has 6 rings (SSSR count). The van der Waals surface area contributed by atoms with Crippen LogP contribution in [0.1, 0.15) is 63.6 Å². The van der Waals surface area contributed by atoms with E-state index in [0.29, 0.717) is 25.3 Å². The standard InChI is InChI=1S/C33H32F4N6O5S/c1-49-33(7-2-8-47-33)16-39-14-20-10-25(30(46)43(15-20)22-4-5-22)28(44)41-26-11-21(12-27(40-26)48-31(34)35)23-6-3-19(13-38)9-24(23)29(45)42-17-32(36,37)18-42/h3,6,9-12,15,22,31,39H,2,4-5,7-8,14,16-18H2,1H3,(H,40,41,44)/t33-/m1/s1. The molecule has 2 aromatic heterocycles. The Bertz CT molecular complexity index is 1860. The molecular formula is C33H32F4N6O5S. The van der Waals surface area contributed by atoms with E-state index in [9.17, 15) is 37.2 Å². The Balaban J connectivity index is 1.30. The number of nitrogens with zero attached hydrogens (tertiary/aromatic N) is 4. The highest BCUT2D eigenvalue weighted by atomic mass is 32.2. The van der Waals surface area contributed by atoms with Crippen LogP contribution in [-0.2, 0) is 11.3 Å². The Hall–Kier alpha value is -4.46. The van der Waals surface area contributed by atoms with E-state index in [4.69, 9.17) is 4.74 Å². The highest BCUT2D eigenvalue weighted by Crippen LogP contribution is 2.36. The molecule has 1 saturated carbocycles. The van der Waals surface area contributed by atoms with E-state index in [-0.39, 0.29) is 44.6 Å². The second-order valence-corrected chi connectivity index (χ2v) is 13.3. The van der Waals surface area contributed by atoms with Crippen molar-refractivity contribution in [1.82, 2.24) is 19.8 Å². The van der Waals surface area contributed by atoms with Crippen molar-refractivity contribution in [3.8, 4) is 23.1 Å². The first-order valence-corrected chi connectivity index (χ1v) is 16.8. The third-order valence-electron chi connectivity index (χ3n) is 8.52. The lowest BCUT2D eigenvalue weighted by atomic mass is 9.96. The summed E-state index contributed by atoms with van der Waals surface area (Å²) in [6.45, 7) is -3.36. The maximum absolute atomic E-state index is 13.6. The summed E-state index contributed by atoms with van der Waals surface area (Å²) in [4.78, 5) is 44.8. The van der Waals surface area contributed by atoms with Crippen molar-refractivity contribution in [2.24, 2.45) is 0 Å². The third-order valence-corrected chi connectivity index (χ3v) is 9.73. The molecule has 1 aromatic carbocycles. The van der Waals surface area contributed by atoms with E-state index in [1.54, 1.807) is 18.0 Å². The van der Waals surface area contributed by atoms with Gasteiger partial charge in [0.25, 0.3) is 23.3 Å². The molecule has 3 aromatic rings. The van der Waals surface area contributed by atoms with Gasteiger partial charge in [-0.3, -0.25) is 14.4 Å². The molecule has 11 nitrogen and oxygen atoms in total.